The number of rotatable bonds is 6. The Morgan fingerprint density at radius 2 is 2.03 bits per heavy atom. The molecule has 0 aromatic carbocycles. The highest BCUT2D eigenvalue weighted by atomic mass is 16.6. The number of fused-ring (bicyclic) bond motifs is 1. The number of amides is 2. The Bertz CT molecular complexity index is 748. The van der Waals surface area contributed by atoms with Crippen LogP contribution in [0.4, 0.5) is 10.6 Å². The van der Waals surface area contributed by atoms with Crippen molar-refractivity contribution in [3.8, 4) is 0 Å². The zero-order chi connectivity index (χ0) is 20.2. The highest BCUT2D eigenvalue weighted by Crippen LogP contribution is 2.53. The molecule has 4 rings (SSSR count). The van der Waals surface area contributed by atoms with Gasteiger partial charge in [0.15, 0.2) is 0 Å². The summed E-state index contributed by atoms with van der Waals surface area (Å²) in [5, 5.41) is 2.93. The van der Waals surface area contributed by atoms with Crippen LogP contribution in [0.1, 0.15) is 24.8 Å². The third-order valence-electron chi connectivity index (χ3n) is 6.08. The van der Waals surface area contributed by atoms with Crippen molar-refractivity contribution in [3.63, 3.8) is 0 Å². The zero-order valence-corrected chi connectivity index (χ0v) is 16.5. The number of piperidine rings is 1. The molecular formula is C21H28N4O4. The summed E-state index contributed by atoms with van der Waals surface area (Å²) in [6.45, 7) is 3.53. The maximum atomic E-state index is 12.3. The zero-order valence-electron chi connectivity index (χ0n) is 16.5. The van der Waals surface area contributed by atoms with Crippen molar-refractivity contribution in [1.82, 2.24) is 15.2 Å². The van der Waals surface area contributed by atoms with E-state index in [4.69, 9.17) is 15.2 Å². The van der Waals surface area contributed by atoms with Gasteiger partial charge in [-0.3, -0.25) is 4.79 Å². The number of nitrogens with zero attached hydrogens (tertiary/aromatic N) is 2. The van der Waals surface area contributed by atoms with Crippen LogP contribution in [-0.4, -0.2) is 60.8 Å². The van der Waals surface area contributed by atoms with Crippen LogP contribution in [0.3, 0.4) is 0 Å². The highest BCUT2D eigenvalue weighted by molar-refractivity contribution is 5.91. The molecule has 1 saturated carbocycles. The quantitative estimate of drug-likeness (QED) is 0.704. The number of nitrogens with two attached hydrogens (primary N) is 1. The summed E-state index contributed by atoms with van der Waals surface area (Å²) >= 11 is 0. The number of pyridine rings is 1. The number of carbonyl (C=O) groups is 2. The average molecular weight is 400 g/mol. The molecule has 3 N–H and O–H groups in total. The predicted molar refractivity (Wildman–Crippen MR) is 108 cm³/mol. The van der Waals surface area contributed by atoms with Crippen molar-refractivity contribution in [2.45, 2.75) is 25.4 Å². The normalized spacial score (nSPS) is 26.3. The third-order valence-corrected chi connectivity index (χ3v) is 6.08. The van der Waals surface area contributed by atoms with Gasteiger partial charge in [0.25, 0.3) is 0 Å². The first-order valence-electron chi connectivity index (χ1n) is 10.3. The Morgan fingerprint density at radius 1 is 1.28 bits per heavy atom. The lowest BCUT2D eigenvalue weighted by molar-refractivity contribution is -0.116. The monoisotopic (exact) mass is 400 g/mol. The molecule has 2 aliphatic heterocycles. The van der Waals surface area contributed by atoms with Crippen LogP contribution in [0, 0.1) is 17.8 Å². The summed E-state index contributed by atoms with van der Waals surface area (Å²) in [4.78, 5) is 30.0. The minimum Gasteiger partial charge on any atom is -0.446 e. The van der Waals surface area contributed by atoms with E-state index in [9.17, 15) is 9.59 Å². The summed E-state index contributed by atoms with van der Waals surface area (Å²) in [7, 11) is 0. The van der Waals surface area contributed by atoms with Gasteiger partial charge in [0, 0.05) is 44.7 Å². The smallest absolute Gasteiger partial charge is 0.410 e. The number of carbonyl (C=O) groups excluding carboxylic acids is 2. The van der Waals surface area contributed by atoms with E-state index in [2.05, 4.69) is 10.3 Å². The first-order chi connectivity index (χ1) is 14.1. The topological polar surface area (TPSA) is 107 Å². The van der Waals surface area contributed by atoms with Crippen molar-refractivity contribution in [1.29, 1.82) is 0 Å². The number of aromatic nitrogens is 1. The molecule has 3 fully saturated rings. The fraction of sp³-hybridized carbons (Fsp3) is 0.571. The molecule has 0 bridgehead atoms. The molecule has 29 heavy (non-hydrogen) atoms. The largest absolute Gasteiger partial charge is 0.446 e. The molecule has 8 heteroatoms. The van der Waals surface area contributed by atoms with E-state index < -0.39 is 0 Å². The minimum absolute atomic E-state index is 0.00346. The molecule has 3 heterocycles. The van der Waals surface area contributed by atoms with Crippen molar-refractivity contribution in [2.24, 2.45) is 17.8 Å². The Kier molecular flexibility index (Phi) is 5.99. The Balaban J connectivity index is 1.11. The first-order valence-corrected chi connectivity index (χ1v) is 10.3. The maximum Gasteiger partial charge on any atom is 0.410 e. The summed E-state index contributed by atoms with van der Waals surface area (Å²) in [5.74, 6) is 2.02. The molecule has 1 aliphatic carbocycles. The van der Waals surface area contributed by atoms with Crippen molar-refractivity contribution in [2.75, 3.05) is 38.6 Å². The fourth-order valence-corrected chi connectivity index (χ4v) is 4.35. The number of anilines is 1. The van der Waals surface area contributed by atoms with Crippen LogP contribution in [0.5, 0.6) is 0 Å². The van der Waals surface area contributed by atoms with Crippen LogP contribution in [0.25, 0.3) is 6.08 Å². The molecule has 8 nitrogen and oxygen atoms in total. The van der Waals surface area contributed by atoms with Crippen molar-refractivity contribution in [3.05, 3.63) is 30.0 Å². The van der Waals surface area contributed by atoms with E-state index in [0.29, 0.717) is 43.3 Å². The molecule has 1 unspecified atom stereocenters. The fourth-order valence-electron chi connectivity index (χ4n) is 4.35. The Labute approximate surface area is 170 Å². The molecule has 2 saturated heterocycles. The lowest BCUT2D eigenvalue weighted by atomic mass is 10.1. The Hall–Kier alpha value is -2.61. The van der Waals surface area contributed by atoms with Gasteiger partial charge >= 0.3 is 6.09 Å². The highest BCUT2D eigenvalue weighted by Gasteiger charge is 2.56. The van der Waals surface area contributed by atoms with Gasteiger partial charge in [-0.2, -0.15) is 0 Å². The third kappa shape index (κ3) is 5.06. The number of ether oxygens (including phenoxy) is 2. The van der Waals surface area contributed by atoms with E-state index in [0.717, 1.165) is 37.9 Å². The number of nitrogens with one attached hydrogen (secondary N) is 1. The number of hydrogen-bond donors (Lipinski definition) is 2. The molecule has 156 valence electrons. The number of likely N-dealkylation sites (tertiary alicyclic amines) is 1. The Morgan fingerprint density at radius 3 is 2.72 bits per heavy atom. The van der Waals surface area contributed by atoms with Gasteiger partial charge in [-0.15, -0.1) is 0 Å². The lowest BCUT2D eigenvalue weighted by Gasteiger charge is -2.26. The van der Waals surface area contributed by atoms with E-state index in [-0.39, 0.29) is 18.1 Å². The molecule has 1 aromatic rings. The first kappa shape index (κ1) is 19.7. The summed E-state index contributed by atoms with van der Waals surface area (Å²) in [6, 6.07) is 3.52. The molecule has 0 spiro atoms. The molecular weight excluding hydrogens is 372 g/mol. The summed E-state index contributed by atoms with van der Waals surface area (Å²) in [6.07, 6.45) is 7.19. The second-order valence-corrected chi connectivity index (χ2v) is 8.02. The van der Waals surface area contributed by atoms with E-state index in [1.807, 2.05) is 11.0 Å². The van der Waals surface area contributed by atoms with E-state index in [1.54, 1.807) is 18.3 Å². The standard InChI is InChI=1S/C21H28N4O4/c22-19-3-1-14(11-24-19)2-4-20(26)23-8-5-16-17-12-25(13-18(16)17)21(27)29-15-6-9-28-10-7-15/h1-4,11,15-18H,5-10,12-13H2,(H2,22,24)(H,23,26)/b4-2+/t16?,17-,18+. The van der Waals surface area contributed by atoms with Crippen molar-refractivity contribution < 1.29 is 19.1 Å². The van der Waals surface area contributed by atoms with Gasteiger partial charge in [0.05, 0.1) is 13.2 Å². The maximum absolute atomic E-state index is 12.3. The molecule has 1 aromatic heterocycles. The predicted octanol–water partition coefficient (Wildman–Crippen LogP) is 1.68. The summed E-state index contributed by atoms with van der Waals surface area (Å²) < 4.78 is 10.9. The number of nitrogen functional groups attached to an aromatic ring is 1. The van der Waals surface area contributed by atoms with Crippen LogP contribution >= 0.6 is 0 Å². The second-order valence-electron chi connectivity index (χ2n) is 8.02. The van der Waals surface area contributed by atoms with E-state index in [1.165, 1.54) is 6.08 Å². The SMILES string of the molecule is Nc1ccc(/C=C/C(=O)NCCC2[C@H]3CN(C(=O)OC4CCOCC4)C[C@@H]23)cn1. The van der Waals surface area contributed by atoms with Crippen LogP contribution in [-0.2, 0) is 14.3 Å². The van der Waals surface area contributed by atoms with Crippen LogP contribution in [0.15, 0.2) is 24.4 Å². The van der Waals surface area contributed by atoms with Crippen LogP contribution < -0.4 is 11.1 Å². The summed E-state index contributed by atoms with van der Waals surface area (Å²) in [5.41, 5.74) is 6.37. The van der Waals surface area contributed by atoms with Gasteiger partial charge in [-0.1, -0.05) is 0 Å². The lowest BCUT2D eigenvalue weighted by Crippen LogP contribution is -2.36. The molecule has 3 aliphatic rings. The van der Waals surface area contributed by atoms with Gasteiger partial charge in [0.1, 0.15) is 11.9 Å². The molecule has 2 amide bonds. The molecule has 0 radical (unpaired) electrons. The molecule has 3 atom stereocenters. The van der Waals surface area contributed by atoms with Gasteiger partial charge in [0.2, 0.25) is 5.91 Å². The number of hydrogen-bond acceptors (Lipinski definition) is 6. The van der Waals surface area contributed by atoms with Gasteiger partial charge < -0.3 is 25.4 Å². The van der Waals surface area contributed by atoms with Gasteiger partial charge in [-0.05, 0) is 47.9 Å². The average Bonchev–Trinajstić information content (AvgIpc) is 3.17. The van der Waals surface area contributed by atoms with Crippen LogP contribution in [0.2, 0.25) is 0 Å². The van der Waals surface area contributed by atoms with E-state index >= 15 is 0 Å². The van der Waals surface area contributed by atoms with Gasteiger partial charge in [-0.25, -0.2) is 9.78 Å². The second kappa shape index (κ2) is 8.82. The van der Waals surface area contributed by atoms with Crippen molar-refractivity contribution >= 4 is 23.9 Å². The minimum atomic E-state index is -0.182.